The van der Waals surface area contributed by atoms with E-state index in [1.807, 2.05) is 6.92 Å². The molecule has 1 rings (SSSR count). The highest BCUT2D eigenvalue weighted by molar-refractivity contribution is 7.73. The van der Waals surface area contributed by atoms with Crippen molar-refractivity contribution < 1.29 is 14.3 Å². The maximum atomic E-state index is 11.6. The van der Waals surface area contributed by atoms with Crippen LogP contribution in [0.1, 0.15) is 10.6 Å². The van der Waals surface area contributed by atoms with E-state index in [0.29, 0.717) is 16.9 Å². The van der Waals surface area contributed by atoms with E-state index in [1.165, 1.54) is 11.3 Å². The van der Waals surface area contributed by atoms with Gasteiger partial charge in [0.05, 0.1) is 13.0 Å². The van der Waals surface area contributed by atoms with Gasteiger partial charge in [0, 0.05) is 17.1 Å². The molecular weight excluding hydrogens is 274 g/mol. The summed E-state index contributed by atoms with van der Waals surface area (Å²) in [6.07, 6.45) is 0.291. The van der Waals surface area contributed by atoms with Gasteiger partial charge >= 0.3 is 0 Å². The number of amides is 2. The normalized spacial score (nSPS) is 10.3. The molecule has 0 fully saturated rings. The van der Waals surface area contributed by atoms with Gasteiger partial charge in [-0.15, -0.1) is 11.3 Å². The number of H-pyrrole nitrogens is 1. The minimum absolute atomic E-state index is 0.106. The van der Waals surface area contributed by atoms with Gasteiger partial charge in [-0.1, -0.05) is 0 Å². The zero-order valence-corrected chi connectivity index (χ0v) is 11.6. The summed E-state index contributed by atoms with van der Waals surface area (Å²) in [5.74, 6) is -0.630. The molecule has 0 unspecified atom stereocenters. The van der Waals surface area contributed by atoms with E-state index >= 15 is 0 Å². The Labute approximate surface area is 114 Å². The number of nitrogens with one attached hydrogen (secondary N) is 2. The predicted molar refractivity (Wildman–Crippen MR) is 71.0 cm³/mol. The van der Waals surface area contributed by atoms with Crippen LogP contribution in [0.25, 0.3) is 0 Å². The molecule has 0 aliphatic rings. The van der Waals surface area contributed by atoms with Gasteiger partial charge in [-0.2, -0.15) is 0 Å². The van der Waals surface area contributed by atoms with Gasteiger partial charge in [-0.25, -0.2) is 0 Å². The molecule has 0 saturated carbocycles. The van der Waals surface area contributed by atoms with E-state index in [4.69, 9.17) is 22.7 Å². The number of carbonyl (C=O) groups excluding carboxylic acids is 2. The number of hydrogen-bond acceptors (Lipinski definition) is 5. The van der Waals surface area contributed by atoms with E-state index in [2.05, 4.69) is 10.3 Å². The van der Waals surface area contributed by atoms with E-state index in [-0.39, 0.29) is 19.1 Å². The van der Waals surface area contributed by atoms with Crippen LogP contribution in [0.15, 0.2) is 0 Å². The van der Waals surface area contributed by atoms with Gasteiger partial charge in [0.15, 0.2) is 3.95 Å². The Morgan fingerprint density at radius 3 is 2.83 bits per heavy atom. The summed E-state index contributed by atoms with van der Waals surface area (Å²) in [4.78, 5) is 25.9. The topological polar surface area (TPSA) is 97.2 Å². The first-order valence-electron chi connectivity index (χ1n) is 5.30. The van der Waals surface area contributed by atoms with Crippen molar-refractivity contribution in [3.63, 3.8) is 0 Å². The second-order valence-electron chi connectivity index (χ2n) is 3.61. The highest BCUT2D eigenvalue weighted by Gasteiger charge is 2.08. The first kappa shape index (κ1) is 14.8. The van der Waals surface area contributed by atoms with Gasteiger partial charge < -0.3 is 20.8 Å². The zero-order valence-electron chi connectivity index (χ0n) is 9.95. The summed E-state index contributed by atoms with van der Waals surface area (Å²) < 4.78 is 5.58. The van der Waals surface area contributed by atoms with E-state index in [1.54, 1.807) is 0 Å². The Hall–Kier alpha value is -1.25. The SMILES string of the molecule is Cc1[nH]c(=S)sc1CC(=O)NCCOCC(N)=O. The highest BCUT2D eigenvalue weighted by Crippen LogP contribution is 2.14. The molecule has 0 aliphatic heterocycles. The molecule has 1 aromatic rings. The van der Waals surface area contributed by atoms with Gasteiger partial charge in [-0.3, -0.25) is 9.59 Å². The number of aromatic nitrogens is 1. The van der Waals surface area contributed by atoms with Crippen LogP contribution in [0, 0.1) is 10.9 Å². The van der Waals surface area contributed by atoms with Crippen molar-refractivity contribution in [2.24, 2.45) is 5.73 Å². The number of hydrogen-bond donors (Lipinski definition) is 3. The van der Waals surface area contributed by atoms with Crippen LogP contribution in [-0.2, 0) is 20.7 Å². The zero-order chi connectivity index (χ0) is 13.5. The Balaban J connectivity index is 2.24. The second kappa shape index (κ2) is 7.24. The van der Waals surface area contributed by atoms with Crippen molar-refractivity contribution in [2.75, 3.05) is 19.8 Å². The average molecular weight is 289 g/mol. The summed E-state index contributed by atoms with van der Waals surface area (Å²) in [7, 11) is 0. The Kier molecular flexibility index (Phi) is 5.96. The van der Waals surface area contributed by atoms with Crippen LogP contribution in [0.2, 0.25) is 0 Å². The van der Waals surface area contributed by atoms with Crippen molar-refractivity contribution in [1.82, 2.24) is 10.3 Å². The smallest absolute Gasteiger partial charge is 0.243 e. The lowest BCUT2D eigenvalue weighted by atomic mass is 10.3. The number of rotatable bonds is 7. The van der Waals surface area contributed by atoms with E-state index in [9.17, 15) is 9.59 Å². The molecule has 0 aromatic carbocycles. The van der Waals surface area contributed by atoms with Gasteiger partial charge in [0.25, 0.3) is 0 Å². The molecular formula is C10H15N3O3S2. The Morgan fingerprint density at radius 2 is 2.28 bits per heavy atom. The Bertz CT molecular complexity index is 481. The van der Waals surface area contributed by atoms with Gasteiger partial charge in [-0.05, 0) is 19.1 Å². The van der Waals surface area contributed by atoms with Crippen molar-refractivity contribution in [1.29, 1.82) is 0 Å². The molecule has 4 N–H and O–H groups in total. The Morgan fingerprint density at radius 1 is 1.56 bits per heavy atom. The summed E-state index contributed by atoms with van der Waals surface area (Å²) in [6, 6.07) is 0. The third kappa shape index (κ3) is 5.39. The fourth-order valence-electron chi connectivity index (χ4n) is 1.25. The van der Waals surface area contributed by atoms with E-state index in [0.717, 1.165) is 10.6 Å². The van der Waals surface area contributed by atoms with Crippen LogP contribution in [-0.4, -0.2) is 36.6 Å². The van der Waals surface area contributed by atoms with E-state index < -0.39 is 5.91 Å². The van der Waals surface area contributed by atoms with Crippen LogP contribution >= 0.6 is 23.6 Å². The molecule has 0 bridgehead atoms. The number of aromatic amines is 1. The van der Waals surface area contributed by atoms with Crippen LogP contribution < -0.4 is 11.1 Å². The van der Waals surface area contributed by atoms with Crippen LogP contribution in [0.3, 0.4) is 0 Å². The van der Waals surface area contributed by atoms with Crippen LogP contribution in [0.5, 0.6) is 0 Å². The molecule has 0 radical (unpaired) electrons. The van der Waals surface area contributed by atoms with Crippen molar-refractivity contribution in [3.8, 4) is 0 Å². The molecule has 2 amide bonds. The molecule has 8 heteroatoms. The lowest BCUT2D eigenvalue weighted by Gasteiger charge is -2.04. The molecule has 1 heterocycles. The third-order valence-electron chi connectivity index (χ3n) is 2.06. The lowest BCUT2D eigenvalue weighted by molar-refractivity contribution is -0.122. The maximum Gasteiger partial charge on any atom is 0.243 e. The first-order valence-corrected chi connectivity index (χ1v) is 6.53. The predicted octanol–water partition coefficient (Wildman–Crippen LogP) is 0.275. The summed E-state index contributed by atoms with van der Waals surface area (Å²) in [5, 5.41) is 2.68. The molecule has 0 atom stereocenters. The molecule has 6 nitrogen and oxygen atoms in total. The largest absolute Gasteiger partial charge is 0.370 e. The number of ether oxygens (including phenoxy) is 1. The molecule has 0 spiro atoms. The monoisotopic (exact) mass is 289 g/mol. The number of primary amides is 1. The standard InChI is InChI=1S/C10H15N3O3S2/c1-6-7(18-10(17)13-6)4-9(15)12-2-3-16-5-8(11)14/h2-5H2,1H3,(H2,11,14)(H,12,15)(H,13,17). The first-order chi connectivity index (χ1) is 8.49. The minimum Gasteiger partial charge on any atom is -0.370 e. The van der Waals surface area contributed by atoms with Crippen LogP contribution in [0.4, 0.5) is 0 Å². The molecule has 0 saturated heterocycles. The molecule has 100 valence electrons. The number of nitrogens with two attached hydrogens (primary N) is 1. The molecule has 18 heavy (non-hydrogen) atoms. The number of aryl methyl sites for hydroxylation is 1. The van der Waals surface area contributed by atoms with Gasteiger partial charge in [0.2, 0.25) is 11.8 Å². The van der Waals surface area contributed by atoms with Crippen molar-refractivity contribution in [3.05, 3.63) is 14.5 Å². The lowest BCUT2D eigenvalue weighted by Crippen LogP contribution is -2.29. The highest BCUT2D eigenvalue weighted by atomic mass is 32.1. The van der Waals surface area contributed by atoms with Gasteiger partial charge in [0.1, 0.15) is 6.61 Å². The van der Waals surface area contributed by atoms with Crippen molar-refractivity contribution >= 4 is 35.4 Å². The second-order valence-corrected chi connectivity index (χ2v) is 5.38. The molecule has 0 aliphatic carbocycles. The molecule has 1 aromatic heterocycles. The third-order valence-corrected chi connectivity index (χ3v) is 3.39. The van der Waals surface area contributed by atoms with Crippen molar-refractivity contribution in [2.45, 2.75) is 13.3 Å². The summed E-state index contributed by atoms with van der Waals surface area (Å²) >= 11 is 6.38. The maximum absolute atomic E-state index is 11.6. The fourth-order valence-corrected chi connectivity index (χ4v) is 2.54. The number of carbonyl (C=O) groups is 2. The summed E-state index contributed by atoms with van der Waals surface area (Å²) in [6.45, 7) is 2.36. The minimum atomic E-state index is -0.524. The summed E-state index contributed by atoms with van der Waals surface area (Å²) in [5.41, 5.74) is 5.81. The average Bonchev–Trinajstić information content (AvgIpc) is 2.56. The quantitative estimate of drug-likeness (QED) is 0.496. The fraction of sp³-hybridized carbons (Fsp3) is 0.500. The number of thiazole rings is 1.